The van der Waals surface area contributed by atoms with Gasteiger partial charge in [-0.1, -0.05) is 75.0 Å². The lowest BCUT2D eigenvalue weighted by molar-refractivity contribution is -0.375. The van der Waals surface area contributed by atoms with Crippen LogP contribution in [0.1, 0.15) is 51.2 Å². The fourth-order valence-corrected chi connectivity index (χ4v) is 14.1. The highest BCUT2D eigenvalue weighted by molar-refractivity contribution is 5.82. The largest absolute Gasteiger partial charge is 0.445 e. The maximum Gasteiger partial charge on any atom is 0.410 e. The Morgan fingerprint density at radius 3 is 1.68 bits per heavy atom. The molecule has 2 aromatic carbocycles. The van der Waals surface area contributed by atoms with Crippen LogP contribution < -0.4 is 49.9 Å². The minimum Gasteiger partial charge on any atom is -0.445 e. The number of fused-ring (bicyclic) bond motifs is 4. The molecule has 18 unspecified atom stereocenters. The summed E-state index contributed by atoms with van der Waals surface area (Å²) in [6, 6.07) is 7.95. The Kier molecular flexibility index (Phi) is 28.5. The quantitative estimate of drug-likeness (QED) is 0.0548. The summed E-state index contributed by atoms with van der Waals surface area (Å²) in [4.78, 5) is 52.4. The normalized spacial score (nSPS) is 43.2. The number of ether oxygens (including phenoxy) is 13. The molecule has 2 aromatic rings. The Hall–Kier alpha value is -5.40. The standard InChI is InChI=1S/C39H52N4O16.C24H46N6O13.CH4/c1-18-13-23-32(33-26(43(2)39(51)58-33)35(54-23)59-36-30(48)28(46)25(40)24(15-44)55-36)57-34(18)56-31-22(42-38(50)53-17-20-11-7-4-8-12-20)14-21(27(45)29(31)47)41-37(49)52-16-19-9-5-3-6-10-19;1-29-13-16(35)20-10(3-8(27)22(42-20)41-19-7(26)2-6(25)14(33)17(19)36)39-23(13)43-24-18(37)15(34)12(11(5-32)40-24)30-21(38)9(28)4-31;/h3-12,18,21-36,44-48H,13-17,40H2,1-2H3,(H,41,49)(H,42,50);6-20,22-24,29,31-37H,2-5,25-28H2,1H3,(H,30,38);1H4/t18?,21-,22?,23+,24?,25-,26?,27?,28+,29-,30?,31-,32?,33?,34+,35?,36-;6-,7?,8?,9+,10+,11?,12-,13?,14?,15+,16?,17-,18?,19-,20?,22+,23?,24-;/m11./s1. The van der Waals surface area contributed by atoms with E-state index < -0.39 is 258 Å². The molecule has 2 saturated carbocycles. The predicted octanol–water partition coefficient (Wildman–Crippen LogP) is -8.67. The molecule has 39 heteroatoms. The van der Waals surface area contributed by atoms with E-state index in [9.17, 15) is 75.3 Å². The van der Waals surface area contributed by atoms with Crippen molar-refractivity contribution in [3.05, 3.63) is 71.8 Å². The van der Waals surface area contributed by atoms with Gasteiger partial charge in [0.15, 0.2) is 43.8 Å². The minimum atomic E-state index is -1.74. The van der Waals surface area contributed by atoms with E-state index in [1.165, 1.54) is 19.0 Å². The Bertz CT molecular complexity index is 3030. The molecule has 9 fully saturated rings. The number of amides is 4. The molecule has 0 bridgehead atoms. The minimum absolute atomic E-state index is 0. The van der Waals surface area contributed by atoms with Gasteiger partial charge in [-0.15, -0.1) is 0 Å². The van der Waals surface area contributed by atoms with Gasteiger partial charge in [0.25, 0.3) is 0 Å². The summed E-state index contributed by atoms with van der Waals surface area (Å²) < 4.78 is 76.8. The maximum atomic E-state index is 13.2. The fourth-order valence-electron chi connectivity index (χ4n) is 14.1. The molecular formula is C64H102N10O29. The molecule has 0 radical (unpaired) electrons. The van der Waals surface area contributed by atoms with Crippen LogP contribution in [0.2, 0.25) is 0 Å². The highest BCUT2D eigenvalue weighted by Crippen LogP contribution is 2.43. The summed E-state index contributed by atoms with van der Waals surface area (Å²) >= 11 is 0. The van der Waals surface area contributed by atoms with Crippen LogP contribution >= 0.6 is 0 Å². The van der Waals surface area contributed by atoms with Gasteiger partial charge in [-0.05, 0) is 43.9 Å². The van der Waals surface area contributed by atoms with Crippen molar-refractivity contribution < 1.29 is 142 Å². The van der Waals surface area contributed by atoms with E-state index in [2.05, 4.69) is 21.3 Å². The van der Waals surface area contributed by atoms with Crippen LogP contribution in [0.3, 0.4) is 0 Å². The average Bonchev–Trinajstić information content (AvgIpc) is 1.48. The van der Waals surface area contributed by atoms with E-state index >= 15 is 0 Å². The van der Waals surface area contributed by atoms with Crippen molar-refractivity contribution in [2.24, 2.45) is 34.6 Å². The van der Waals surface area contributed by atoms with E-state index in [0.29, 0.717) is 0 Å². The molecule has 39 nitrogen and oxygen atoms in total. The smallest absolute Gasteiger partial charge is 0.410 e. The number of hydrogen-bond donors (Lipinski definition) is 21. The second-order valence-electron chi connectivity index (χ2n) is 27.1. The fraction of sp³-hybridized carbons (Fsp3) is 0.750. The Labute approximate surface area is 592 Å². The average molecular weight is 1480 g/mol. The van der Waals surface area contributed by atoms with Crippen molar-refractivity contribution in [3.63, 3.8) is 0 Å². The zero-order chi connectivity index (χ0) is 73.7. The van der Waals surface area contributed by atoms with Gasteiger partial charge in [0.1, 0.15) is 111 Å². The van der Waals surface area contributed by atoms with Crippen molar-refractivity contribution in [2.75, 3.05) is 33.9 Å². The van der Waals surface area contributed by atoms with Crippen LogP contribution in [0.5, 0.6) is 0 Å². The summed E-state index contributed by atoms with van der Waals surface area (Å²) in [6.07, 6.45) is -32.7. The molecule has 26 N–H and O–H groups in total. The summed E-state index contributed by atoms with van der Waals surface area (Å²) in [6.45, 7) is -0.236. The van der Waals surface area contributed by atoms with Crippen LogP contribution in [-0.2, 0) is 79.6 Å². The third-order valence-corrected chi connectivity index (χ3v) is 20.0. The van der Waals surface area contributed by atoms with Crippen molar-refractivity contribution in [3.8, 4) is 0 Å². The number of nitrogens with one attached hydrogen (secondary N) is 4. The van der Waals surface area contributed by atoms with Crippen molar-refractivity contribution in [2.45, 2.75) is 261 Å². The monoisotopic (exact) mass is 1470 g/mol. The lowest BCUT2D eigenvalue weighted by Gasteiger charge is -2.51. The Balaban J connectivity index is 0.000000249. The van der Waals surface area contributed by atoms with E-state index in [1.54, 1.807) is 55.5 Å². The van der Waals surface area contributed by atoms with E-state index in [1.807, 2.05) is 12.1 Å². The summed E-state index contributed by atoms with van der Waals surface area (Å²) in [5.74, 6) is -1.31. The first-order valence-corrected chi connectivity index (χ1v) is 33.8. The molecule has 35 atom stereocenters. The van der Waals surface area contributed by atoms with Crippen LogP contribution in [0.4, 0.5) is 14.4 Å². The summed E-state index contributed by atoms with van der Waals surface area (Å²) in [5.41, 5.74) is 31.1. The molecule has 2 aliphatic carbocycles. The van der Waals surface area contributed by atoms with Gasteiger partial charge in [-0.25, -0.2) is 14.4 Å². The van der Waals surface area contributed by atoms with E-state index in [0.717, 1.165) is 11.1 Å². The molecule has 0 aromatic heterocycles. The molecule has 103 heavy (non-hydrogen) atoms. The molecule has 7 aliphatic heterocycles. The van der Waals surface area contributed by atoms with Crippen molar-refractivity contribution in [1.29, 1.82) is 0 Å². The number of likely N-dealkylation sites (N-methyl/N-ethyl adjacent to an activating group) is 2. The number of aliphatic hydroxyl groups is 12. The molecule has 582 valence electrons. The molecular weight excluding hydrogens is 1370 g/mol. The van der Waals surface area contributed by atoms with Gasteiger partial charge in [0.05, 0.1) is 74.4 Å². The maximum absolute atomic E-state index is 13.2. The first-order chi connectivity index (χ1) is 48.6. The third-order valence-electron chi connectivity index (χ3n) is 20.0. The third kappa shape index (κ3) is 18.4. The van der Waals surface area contributed by atoms with Crippen LogP contribution in [0.15, 0.2) is 60.7 Å². The van der Waals surface area contributed by atoms with Gasteiger partial charge in [0, 0.05) is 25.0 Å². The Morgan fingerprint density at radius 1 is 0.534 bits per heavy atom. The van der Waals surface area contributed by atoms with Crippen LogP contribution in [0.25, 0.3) is 0 Å². The molecule has 0 spiro atoms. The van der Waals surface area contributed by atoms with Crippen molar-refractivity contribution >= 4 is 24.2 Å². The van der Waals surface area contributed by atoms with E-state index in [-0.39, 0.29) is 46.3 Å². The molecule has 11 rings (SSSR count). The second-order valence-corrected chi connectivity index (χ2v) is 27.1. The lowest BCUT2D eigenvalue weighted by atomic mass is 9.83. The van der Waals surface area contributed by atoms with Crippen LogP contribution in [-0.4, -0.2) is 332 Å². The molecule has 4 amide bonds. The second kappa shape index (κ2) is 36.0. The lowest BCUT2D eigenvalue weighted by Crippen LogP contribution is -2.70. The number of carbonyl (C=O) groups is 4. The first-order valence-electron chi connectivity index (χ1n) is 33.8. The number of alkyl carbamates (subject to hydrolysis) is 2. The SMILES string of the molecule is C.CC1C[C@@H]2OC(O[C@H]3OC(CO)[C@@H](N)[C@H](O)C3O)C3C(OC(=O)N3C)C2O[C@@H]1O[C@@H]1C(NC(=O)OCc2ccccc2)C[C@@H](NC(=O)OCc2ccccc2)C(O)[C@H]1O.CNC1C(O[C@H]2OC(CO)[C@@H](NC(=O)[C@@H](N)CO)[C@H](O)C2O)O[C@H]2CC(N)[C@@H](O[C@@H]3C(N)C[C@@H](N)C(O)[C@H]3O)OC2C1O. The van der Waals surface area contributed by atoms with Crippen molar-refractivity contribution in [1.82, 2.24) is 26.2 Å². The topological polar surface area (TPSA) is 612 Å². The van der Waals surface area contributed by atoms with E-state index in [4.69, 9.17) is 95.4 Å². The number of nitrogens with zero attached hydrogens (tertiary/aromatic N) is 1. The molecule has 7 heterocycles. The number of nitrogens with two attached hydrogens (primary N) is 5. The zero-order valence-corrected chi connectivity index (χ0v) is 56.0. The highest BCUT2D eigenvalue weighted by atomic mass is 16.8. The Morgan fingerprint density at radius 2 is 1.08 bits per heavy atom. The van der Waals surface area contributed by atoms with Gasteiger partial charge < -0.3 is 173 Å². The van der Waals surface area contributed by atoms with Gasteiger partial charge in [-0.2, -0.15) is 0 Å². The van der Waals surface area contributed by atoms with Gasteiger partial charge in [0.2, 0.25) is 5.91 Å². The van der Waals surface area contributed by atoms with Gasteiger partial charge >= 0.3 is 18.3 Å². The number of benzene rings is 2. The first kappa shape index (κ1) is 81.7. The summed E-state index contributed by atoms with van der Waals surface area (Å²) in [7, 11) is 2.97. The number of carbonyl (C=O) groups excluding carboxylic acids is 4. The summed E-state index contributed by atoms with van der Waals surface area (Å²) in [5, 5.41) is 137. The zero-order valence-electron chi connectivity index (χ0n) is 56.0. The predicted molar refractivity (Wildman–Crippen MR) is 347 cm³/mol. The highest BCUT2D eigenvalue weighted by Gasteiger charge is 2.62. The van der Waals surface area contributed by atoms with Crippen LogP contribution in [0, 0.1) is 5.92 Å². The molecule has 7 saturated heterocycles. The molecule has 9 aliphatic rings. The van der Waals surface area contributed by atoms with Gasteiger partial charge in [-0.3, -0.25) is 9.69 Å². The number of hydrogen-bond acceptors (Lipinski definition) is 35. The number of aliphatic hydroxyl groups excluding tert-OH is 12. The number of rotatable bonds is 20.